The molecular formula is C6H15O2P. The summed E-state index contributed by atoms with van der Waals surface area (Å²) >= 11 is 0. The molecule has 56 valence electrons. The summed E-state index contributed by atoms with van der Waals surface area (Å²) < 4.78 is 11.0. The normalized spacial score (nSPS) is 11.9. The quantitative estimate of drug-likeness (QED) is 0.623. The largest absolute Gasteiger partial charge is 0.344 e. The lowest BCUT2D eigenvalue weighted by molar-refractivity contribution is 0.476. The van der Waals surface area contributed by atoms with Crippen LogP contribution in [-0.2, 0) is 4.57 Å². The Kier molecular flexibility index (Phi) is 4.16. The van der Waals surface area contributed by atoms with Crippen LogP contribution in [-0.4, -0.2) is 17.2 Å². The van der Waals surface area contributed by atoms with Crippen LogP contribution in [0.15, 0.2) is 0 Å². The maximum atomic E-state index is 11.0. The Balaban J connectivity index is 3.58. The van der Waals surface area contributed by atoms with Gasteiger partial charge >= 0.3 is 0 Å². The van der Waals surface area contributed by atoms with Crippen molar-refractivity contribution < 1.29 is 9.46 Å². The third-order valence-electron chi connectivity index (χ3n) is 1.15. The Hall–Kier alpha value is 0.190. The van der Waals surface area contributed by atoms with E-state index in [1.54, 1.807) is 0 Å². The summed E-state index contributed by atoms with van der Waals surface area (Å²) in [5.74, 6) is 0. The summed E-state index contributed by atoms with van der Waals surface area (Å²) in [4.78, 5) is 9.07. The standard InChI is InChI=1S/C6H15O2P/c1-3-5-9(7,8)6-4-2/h3-6H2,1-2H3,(H,7,8). The summed E-state index contributed by atoms with van der Waals surface area (Å²) in [6.45, 7) is 3.86. The van der Waals surface area contributed by atoms with Crippen LogP contribution < -0.4 is 0 Å². The predicted molar refractivity (Wildman–Crippen MR) is 40.1 cm³/mol. The molecule has 0 saturated carbocycles. The Morgan fingerprint density at radius 2 is 1.56 bits per heavy atom. The highest BCUT2D eigenvalue weighted by Gasteiger charge is 2.13. The summed E-state index contributed by atoms with van der Waals surface area (Å²) in [6, 6.07) is 0. The fourth-order valence-corrected chi connectivity index (χ4v) is 2.43. The van der Waals surface area contributed by atoms with Gasteiger partial charge in [0.1, 0.15) is 0 Å². The van der Waals surface area contributed by atoms with Crippen molar-refractivity contribution in [2.24, 2.45) is 0 Å². The molecule has 2 nitrogen and oxygen atoms in total. The van der Waals surface area contributed by atoms with Crippen molar-refractivity contribution in [1.82, 2.24) is 0 Å². The molecule has 0 unspecified atom stereocenters. The van der Waals surface area contributed by atoms with Crippen LogP contribution in [0.2, 0.25) is 0 Å². The van der Waals surface area contributed by atoms with Gasteiger partial charge in [0.2, 0.25) is 7.37 Å². The SMILES string of the molecule is CCCP(=O)(O)CCC. The molecule has 0 aromatic carbocycles. The molecule has 0 rings (SSSR count). The second kappa shape index (κ2) is 4.08. The monoisotopic (exact) mass is 150 g/mol. The fraction of sp³-hybridized carbons (Fsp3) is 1.00. The molecular weight excluding hydrogens is 135 g/mol. The zero-order valence-corrected chi connectivity index (χ0v) is 7.03. The predicted octanol–water partition coefficient (Wildman–Crippen LogP) is 2.08. The molecule has 0 aliphatic rings. The van der Waals surface area contributed by atoms with Crippen molar-refractivity contribution in [3.63, 3.8) is 0 Å². The average molecular weight is 150 g/mol. The molecule has 0 spiro atoms. The van der Waals surface area contributed by atoms with Crippen LogP contribution in [0.5, 0.6) is 0 Å². The summed E-state index contributed by atoms with van der Waals surface area (Å²) in [5, 5.41) is 0. The van der Waals surface area contributed by atoms with E-state index < -0.39 is 7.37 Å². The van der Waals surface area contributed by atoms with E-state index in [1.807, 2.05) is 13.8 Å². The molecule has 0 atom stereocenters. The van der Waals surface area contributed by atoms with Gasteiger partial charge in [0.25, 0.3) is 0 Å². The van der Waals surface area contributed by atoms with E-state index in [0.29, 0.717) is 12.3 Å². The third kappa shape index (κ3) is 4.68. The van der Waals surface area contributed by atoms with Crippen LogP contribution in [0, 0.1) is 0 Å². The molecule has 0 aliphatic heterocycles. The zero-order chi connectivity index (χ0) is 7.33. The van der Waals surface area contributed by atoms with Crippen molar-refractivity contribution in [2.45, 2.75) is 26.7 Å². The van der Waals surface area contributed by atoms with Gasteiger partial charge in [0.15, 0.2) is 0 Å². The number of rotatable bonds is 4. The van der Waals surface area contributed by atoms with E-state index in [2.05, 4.69) is 0 Å². The van der Waals surface area contributed by atoms with Crippen molar-refractivity contribution >= 4 is 7.37 Å². The van der Waals surface area contributed by atoms with Gasteiger partial charge in [0, 0.05) is 12.3 Å². The highest BCUT2D eigenvalue weighted by atomic mass is 31.2. The van der Waals surface area contributed by atoms with Gasteiger partial charge in [-0.25, -0.2) is 0 Å². The minimum Gasteiger partial charge on any atom is -0.344 e. The second-order valence-electron chi connectivity index (χ2n) is 2.29. The Morgan fingerprint density at radius 3 is 1.78 bits per heavy atom. The number of hydrogen-bond donors (Lipinski definition) is 1. The van der Waals surface area contributed by atoms with Crippen molar-refractivity contribution in [3.05, 3.63) is 0 Å². The summed E-state index contributed by atoms with van der Waals surface area (Å²) in [5.41, 5.74) is 0. The molecule has 3 heteroatoms. The highest BCUT2D eigenvalue weighted by Crippen LogP contribution is 2.41. The van der Waals surface area contributed by atoms with E-state index in [-0.39, 0.29) is 0 Å². The first kappa shape index (κ1) is 9.19. The van der Waals surface area contributed by atoms with Crippen LogP contribution in [0.3, 0.4) is 0 Å². The van der Waals surface area contributed by atoms with Crippen LogP contribution in [0.25, 0.3) is 0 Å². The van der Waals surface area contributed by atoms with Gasteiger partial charge in [-0.1, -0.05) is 13.8 Å². The maximum absolute atomic E-state index is 11.0. The molecule has 0 saturated heterocycles. The lowest BCUT2D eigenvalue weighted by atomic mass is 10.6. The average Bonchev–Trinajstić information content (AvgIpc) is 1.64. The molecule has 0 aromatic rings. The smallest absolute Gasteiger partial charge is 0.200 e. The molecule has 0 radical (unpaired) electrons. The van der Waals surface area contributed by atoms with Crippen LogP contribution in [0.4, 0.5) is 0 Å². The minimum atomic E-state index is -2.69. The molecule has 0 fully saturated rings. The first-order valence-electron chi connectivity index (χ1n) is 3.43. The lowest BCUT2D eigenvalue weighted by Crippen LogP contribution is -1.91. The topological polar surface area (TPSA) is 37.3 Å². The van der Waals surface area contributed by atoms with Gasteiger partial charge in [-0.2, -0.15) is 0 Å². The third-order valence-corrected chi connectivity index (χ3v) is 3.44. The molecule has 0 aliphatic carbocycles. The maximum Gasteiger partial charge on any atom is 0.200 e. The molecule has 0 amide bonds. The Morgan fingerprint density at radius 1 is 1.22 bits per heavy atom. The van der Waals surface area contributed by atoms with Crippen LogP contribution >= 0.6 is 7.37 Å². The van der Waals surface area contributed by atoms with E-state index in [0.717, 1.165) is 12.8 Å². The van der Waals surface area contributed by atoms with Gasteiger partial charge in [-0.15, -0.1) is 0 Å². The van der Waals surface area contributed by atoms with Gasteiger partial charge in [-0.3, -0.25) is 4.57 Å². The van der Waals surface area contributed by atoms with E-state index in [4.69, 9.17) is 4.89 Å². The fourth-order valence-electron chi connectivity index (χ4n) is 0.811. The lowest BCUT2D eigenvalue weighted by Gasteiger charge is -2.06. The van der Waals surface area contributed by atoms with Gasteiger partial charge in [-0.05, 0) is 12.8 Å². The van der Waals surface area contributed by atoms with Crippen LogP contribution in [0.1, 0.15) is 26.7 Å². The van der Waals surface area contributed by atoms with Gasteiger partial charge in [0.05, 0.1) is 0 Å². The van der Waals surface area contributed by atoms with E-state index in [1.165, 1.54) is 0 Å². The van der Waals surface area contributed by atoms with Crippen molar-refractivity contribution in [2.75, 3.05) is 12.3 Å². The first-order chi connectivity index (χ1) is 4.12. The summed E-state index contributed by atoms with van der Waals surface area (Å²) in [7, 11) is -2.69. The van der Waals surface area contributed by atoms with Crippen molar-refractivity contribution in [1.29, 1.82) is 0 Å². The zero-order valence-electron chi connectivity index (χ0n) is 6.13. The number of hydrogen-bond acceptors (Lipinski definition) is 1. The Bertz CT molecular complexity index is 102. The highest BCUT2D eigenvalue weighted by molar-refractivity contribution is 7.57. The minimum absolute atomic E-state index is 0.487. The molecule has 9 heavy (non-hydrogen) atoms. The van der Waals surface area contributed by atoms with Crippen molar-refractivity contribution in [3.8, 4) is 0 Å². The second-order valence-corrected chi connectivity index (χ2v) is 4.88. The molecule has 0 bridgehead atoms. The van der Waals surface area contributed by atoms with Gasteiger partial charge < -0.3 is 4.89 Å². The molecule has 1 N–H and O–H groups in total. The Labute approximate surface area is 56.7 Å². The molecule has 0 aromatic heterocycles. The van der Waals surface area contributed by atoms with E-state index >= 15 is 0 Å². The molecule has 0 heterocycles. The van der Waals surface area contributed by atoms with E-state index in [9.17, 15) is 4.57 Å². The first-order valence-corrected chi connectivity index (χ1v) is 5.46. The summed E-state index contributed by atoms with van der Waals surface area (Å²) in [6.07, 6.45) is 2.60.